The van der Waals surface area contributed by atoms with Crippen LogP contribution < -0.4 is 11.3 Å². The second-order valence-corrected chi connectivity index (χ2v) is 11.9. The molecule has 4 aliphatic rings. The highest BCUT2D eigenvalue weighted by molar-refractivity contribution is 6.00. The molecule has 2 aliphatic carbocycles. The molecule has 1 amide bonds. The Morgan fingerprint density at radius 3 is 2.34 bits per heavy atom. The monoisotopic (exact) mass is 521 g/mol. The Hall–Kier alpha value is -2.78. The SMILES string of the molecule is NC(=O)CON=C(CO)c1nc2ccccc2n(C2CC3CCCC(C2)N3C2CC3CCCC(C3)C2)c1=O. The van der Waals surface area contributed by atoms with Gasteiger partial charge in [0.1, 0.15) is 5.71 Å². The van der Waals surface area contributed by atoms with Crippen molar-refractivity contribution in [2.45, 2.75) is 94.8 Å². The molecule has 4 fully saturated rings. The van der Waals surface area contributed by atoms with Crippen molar-refractivity contribution in [1.29, 1.82) is 0 Å². The number of hydrogen-bond donors (Lipinski definition) is 2. The fourth-order valence-corrected chi connectivity index (χ4v) is 8.16. The Labute approximate surface area is 223 Å². The summed E-state index contributed by atoms with van der Waals surface area (Å²) in [6, 6.07) is 9.38. The Morgan fingerprint density at radius 1 is 0.974 bits per heavy atom. The molecule has 2 aliphatic heterocycles. The van der Waals surface area contributed by atoms with E-state index in [0.29, 0.717) is 23.6 Å². The van der Waals surface area contributed by atoms with Crippen LogP contribution in [0.3, 0.4) is 0 Å². The van der Waals surface area contributed by atoms with Crippen LogP contribution in [0.2, 0.25) is 0 Å². The summed E-state index contributed by atoms with van der Waals surface area (Å²) in [4.78, 5) is 37.5. The summed E-state index contributed by atoms with van der Waals surface area (Å²) in [6.07, 6.45) is 13.9. The van der Waals surface area contributed by atoms with Gasteiger partial charge < -0.3 is 20.2 Å². The first-order chi connectivity index (χ1) is 18.5. The van der Waals surface area contributed by atoms with Gasteiger partial charge in [0.15, 0.2) is 12.3 Å². The first-order valence-electron chi connectivity index (χ1n) is 14.4. The number of carbonyl (C=O) groups is 1. The Balaban J connectivity index is 1.33. The maximum Gasteiger partial charge on any atom is 0.279 e. The van der Waals surface area contributed by atoms with E-state index >= 15 is 0 Å². The molecular formula is C29H39N5O4. The van der Waals surface area contributed by atoms with E-state index in [2.05, 4.69) is 15.0 Å². The molecule has 0 spiro atoms. The van der Waals surface area contributed by atoms with Gasteiger partial charge >= 0.3 is 0 Å². The zero-order valence-electron chi connectivity index (χ0n) is 22.0. The number of oxime groups is 1. The van der Waals surface area contributed by atoms with E-state index in [0.717, 1.165) is 30.2 Å². The number of fused-ring (bicyclic) bond motifs is 5. The molecule has 38 heavy (non-hydrogen) atoms. The smallest absolute Gasteiger partial charge is 0.279 e. The highest BCUT2D eigenvalue weighted by Gasteiger charge is 2.45. The third-order valence-corrected chi connectivity index (χ3v) is 9.49. The molecule has 2 saturated carbocycles. The van der Waals surface area contributed by atoms with E-state index in [-0.39, 0.29) is 23.0 Å². The van der Waals surface area contributed by atoms with Crippen LogP contribution >= 0.6 is 0 Å². The lowest BCUT2D eigenvalue weighted by atomic mass is 9.68. The van der Waals surface area contributed by atoms with E-state index in [9.17, 15) is 14.7 Å². The van der Waals surface area contributed by atoms with Crippen molar-refractivity contribution in [1.82, 2.24) is 14.5 Å². The number of primary amides is 1. The first-order valence-corrected chi connectivity index (χ1v) is 14.4. The molecular weight excluding hydrogens is 482 g/mol. The normalized spacial score (nSPS) is 31.8. The molecule has 204 valence electrons. The van der Waals surface area contributed by atoms with Crippen molar-refractivity contribution in [3.8, 4) is 0 Å². The highest BCUT2D eigenvalue weighted by atomic mass is 16.6. The Bertz CT molecular complexity index is 1250. The van der Waals surface area contributed by atoms with Crippen molar-refractivity contribution >= 4 is 22.7 Å². The zero-order valence-corrected chi connectivity index (χ0v) is 22.0. The van der Waals surface area contributed by atoms with Crippen molar-refractivity contribution in [2.75, 3.05) is 13.2 Å². The second-order valence-electron chi connectivity index (χ2n) is 11.9. The lowest BCUT2D eigenvalue weighted by Gasteiger charge is -2.55. The van der Waals surface area contributed by atoms with Gasteiger partial charge in [-0.3, -0.25) is 14.5 Å². The van der Waals surface area contributed by atoms with Crippen molar-refractivity contribution in [3.05, 3.63) is 40.3 Å². The summed E-state index contributed by atoms with van der Waals surface area (Å²) in [6.45, 7) is -0.969. The summed E-state index contributed by atoms with van der Waals surface area (Å²) in [7, 11) is 0. The number of aliphatic hydroxyl groups is 1. The Morgan fingerprint density at radius 2 is 1.66 bits per heavy atom. The van der Waals surface area contributed by atoms with E-state index < -0.39 is 19.1 Å². The summed E-state index contributed by atoms with van der Waals surface area (Å²) < 4.78 is 1.90. The maximum absolute atomic E-state index is 14.0. The summed E-state index contributed by atoms with van der Waals surface area (Å²) >= 11 is 0. The minimum Gasteiger partial charge on any atom is -0.390 e. The first kappa shape index (κ1) is 25.5. The van der Waals surface area contributed by atoms with Crippen LogP contribution in [0, 0.1) is 11.8 Å². The number of para-hydroxylation sites is 2. The van der Waals surface area contributed by atoms with E-state index in [1.807, 2.05) is 28.8 Å². The summed E-state index contributed by atoms with van der Waals surface area (Å²) in [5.74, 6) is 1.11. The lowest BCUT2D eigenvalue weighted by molar-refractivity contribution is -0.122. The van der Waals surface area contributed by atoms with Crippen LogP contribution in [-0.4, -0.2) is 62.5 Å². The third kappa shape index (κ3) is 4.86. The van der Waals surface area contributed by atoms with Gasteiger partial charge in [-0.2, -0.15) is 0 Å². The second kappa shape index (κ2) is 10.8. The predicted octanol–water partition coefficient (Wildman–Crippen LogP) is 3.12. The number of benzene rings is 1. The number of piperidine rings is 2. The third-order valence-electron chi connectivity index (χ3n) is 9.49. The molecule has 4 atom stereocenters. The molecule has 4 unspecified atom stereocenters. The van der Waals surface area contributed by atoms with Crippen molar-refractivity contribution < 1.29 is 14.7 Å². The molecule has 9 nitrogen and oxygen atoms in total. The molecule has 3 heterocycles. The van der Waals surface area contributed by atoms with Crippen LogP contribution in [0.4, 0.5) is 0 Å². The van der Waals surface area contributed by atoms with Crippen molar-refractivity contribution in [2.24, 2.45) is 22.7 Å². The number of hydrogen-bond acceptors (Lipinski definition) is 7. The van der Waals surface area contributed by atoms with E-state index in [4.69, 9.17) is 10.6 Å². The number of aliphatic hydroxyl groups excluding tert-OH is 1. The van der Waals surface area contributed by atoms with Crippen LogP contribution in [0.15, 0.2) is 34.2 Å². The van der Waals surface area contributed by atoms with Gasteiger partial charge in [0, 0.05) is 24.2 Å². The number of amides is 1. The summed E-state index contributed by atoms with van der Waals surface area (Å²) in [5, 5.41) is 13.8. The molecule has 0 radical (unpaired) electrons. The number of carbonyl (C=O) groups excluding carboxylic acids is 1. The fraction of sp³-hybridized carbons (Fsp3) is 0.655. The highest BCUT2D eigenvalue weighted by Crippen LogP contribution is 2.47. The van der Waals surface area contributed by atoms with Crippen LogP contribution in [0.1, 0.15) is 82.4 Å². The minimum atomic E-state index is -0.685. The molecule has 4 bridgehead atoms. The standard InChI is InChI=1S/C29H39N5O4/c30-27(36)17-38-32-25(16-35)28-29(37)34(26-10-2-1-9-24(26)31-28)23-14-20-7-4-8-21(15-23)33(20)22-12-18-5-3-6-19(11-18)13-22/h1-2,9-10,18-23,35H,3-8,11-17H2,(H2,30,36). The predicted molar refractivity (Wildman–Crippen MR) is 145 cm³/mol. The molecule has 6 rings (SSSR count). The maximum atomic E-state index is 14.0. The zero-order chi connectivity index (χ0) is 26.2. The molecule has 9 heteroatoms. The van der Waals surface area contributed by atoms with Gasteiger partial charge in [-0.15, -0.1) is 0 Å². The fourth-order valence-electron chi connectivity index (χ4n) is 8.16. The van der Waals surface area contributed by atoms with Gasteiger partial charge in [0.25, 0.3) is 11.5 Å². The number of aromatic nitrogens is 2. The van der Waals surface area contributed by atoms with Gasteiger partial charge in [-0.1, -0.05) is 43.0 Å². The number of rotatable bonds is 7. The quantitative estimate of drug-likeness (QED) is 0.426. The molecule has 2 aromatic rings. The van der Waals surface area contributed by atoms with Gasteiger partial charge in [-0.25, -0.2) is 4.98 Å². The number of nitrogens with zero attached hydrogens (tertiary/aromatic N) is 4. The van der Waals surface area contributed by atoms with Crippen LogP contribution in [0.5, 0.6) is 0 Å². The molecule has 1 aromatic heterocycles. The molecule has 1 aromatic carbocycles. The van der Waals surface area contributed by atoms with Gasteiger partial charge in [0.2, 0.25) is 0 Å². The van der Waals surface area contributed by atoms with Crippen LogP contribution in [0.25, 0.3) is 11.0 Å². The molecule has 3 N–H and O–H groups in total. The minimum absolute atomic E-state index is 0.00197. The Kier molecular flexibility index (Phi) is 7.22. The molecule has 2 saturated heterocycles. The van der Waals surface area contributed by atoms with Gasteiger partial charge in [-0.05, 0) is 68.9 Å². The largest absolute Gasteiger partial charge is 0.390 e. The van der Waals surface area contributed by atoms with E-state index in [1.165, 1.54) is 57.8 Å². The lowest BCUT2D eigenvalue weighted by Crippen LogP contribution is -2.58. The average molecular weight is 522 g/mol. The topological polar surface area (TPSA) is 123 Å². The van der Waals surface area contributed by atoms with Crippen LogP contribution in [-0.2, 0) is 9.63 Å². The van der Waals surface area contributed by atoms with Gasteiger partial charge in [0.05, 0.1) is 17.6 Å². The average Bonchev–Trinajstić information content (AvgIpc) is 2.90. The summed E-state index contributed by atoms with van der Waals surface area (Å²) in [5.41, 5.74) is 6.40. The van der Waals surface area contributed by atoms with Crippen molar-refractivity contribution in [3.63, 3.8) is 0 Å². The number of nitrogens with two attached hydrogens (primary N) is 1. The van der Waals surface area contributed by atoms with E-state index in [1.54, 1.807) is 0 Å².